The highest BCUT2D eigenvalue weighted by atomic mass is 32.2. The van der Waals surface area contributed by atoms with Crippen LogP contribution < -0.4 is 5.32 Å². The van der Waals surface area contributed by atoms with E-state index in [0.717, 1.165) is 6.07 Å². The summed E-state index contributed by atoms with van der Waals surface area (Å²) in [5.74, 6) is -0.217. The Balaban J connectivity index is 2.12. The lowest BCUT2D eigenvalue weighted by atomic mass is 10.2. The summed E-state index contributed by atoms with van der Waals surface area (Å²) in [7, 11) is -3.18. The fourth-order valence-corrected chi connectivity index (χ4v) is 3.84. The van der Waals surface area contributed by atoms with Crippen molar-refractivity contribution < 1.29 is 21.6 Å². The minimum absolute atomic E-state index is 0.0393. The van der Waals surface area contributed by atoms with E-state index in [1.165, 1.54) is 12.3 Å². The number of nitrogens with zero attached hydrogens (tertiary/aromatic N) is 1. The van der Waals surface area contributed by atoms with Gasteiger partial charge in [-0.05, 0) is 25.0 Å². The van der Waals surface area contributed by atoms with E-state index in [-0.39, 0.29) is 18.1 Å². The van der Waals surface area contributed by atoms with Gasteiger partial charge in [0.1, 0.15) is 5.82 Å². The first-order valence-electron chi connectivity index (χ1n) is 5.78. The minimum atomic E-state index is -4.51. The van der Waals surface area contributed by atoms with Gasteiger partial charge in [-0.3, -0.25) is 0 Å². The summed E-state index contributed by atoms with van der Waals surface area (Å²) in [5.41, 5.74) is -0.884. The SMILES string of the molecule is O=S1(=O)CCC[C@@H]1CNc1ncccc1C(F)(F)F. The highest BCUT2D eigenvalue weighted by molar-refractivity contribution is 7.92. The lowest BCUT2D eigenvalue weighted by Gasteiger charge is -2.15. The molecule has 8 heteroatoms. The first-order chi connectivity index (χ1) is 8.81. The summed E-state index contributed by atoms with van der Waals surface area (Å²) in [5, 5.41) is 1.88. The molecule has 1 atom stereocenters. The number of hydrogen-bond donors (Lipinski definition) is 1. The lowest BCUT2D eigenvalue weighted by molar-refractivity contribution is -0.137. The topological polar surface area (TPSA) is 59.1 Å². The Morgan fingerprint density at radius 1 is 1.42 bits per heavy atom. The van der Waals surface area contributed by atoms with Crippen molar-refractivity contribution in [2.24, 2.45) is 0 Å². The molecular formula is C11H13F3N2O2S. The predicted molar refractivity (Wildman–Crippen MR) is 64.5 cm³/mol. The fraction of sp³-hybridized carbons (Fsp3) is 0.545. The number of pyridine rings is 1. The van der Waals surface area contributed by atoms with Crippen LogP contribution in [0.25, 0.3) is 0 Å². The molecule has 0 saturated carbocycles. The number of sulfone groups is 1. The maximum atomic E-state index is 12.7. The van der Waals surface area contributed by atoms with Gasteiger partial charge in [0.15, 0.2) is 9.84 Å². The number of hydrogen-bond acceptors (Lipinski definition) is 4. The molecule has 0 aliphatic carbocycles. The van der Waals surface area contributed by atoms with Crippen LogP contribution in [0, 0.1) is 0 Å². The molecule has 0 unspecified atom stereocenters. The molecule has 2 heterocycles. The number of halogens is 3. The number of rotatable bonds is 3. The third-order valence-electron chi connectivity index (χ3n) is 3.07. The lowest BCUT2D eigenvalue weighted by Crippen LogP contribution is -2.26. The summed E-state index contributed by atoms with van der Waals surface area (Å²) in [6.45, 7) is -0.0393. The zero-order chi connectivity index (χ0) is 14.1. The third-order valence-corrected chi connectivity index (χ3v) is 5.35. The van der Waals surface area contributed by atoms with Gasteiger partial charge in [-0.1, -0.05) is 0 Å². The highest BCUT2D eigenvalue weighted by Crippen LogP contribution is 2.33. The van der Waals surface area contributed by atoms with E-state index >= 15 is 0 Å². The summed E-state index contributed by atoms with van der Waals surface area (Å²) in [6, 6.07) is 2.11. The second-order valence-corrected chi connectivity index (χ2v) is 6.81. The van der Waals surface area contributed by atoms with Crippen molar-refractivity contribution in [3.05, 3.63) is 23.9 Å². The first kappa shape index (κ1) is 14.1. The number of alkyl halides is 3. The van der Waals surface area contributed by atoms with Crippen molar-refractivity contribution in [2.75, 3.05) is 17.6 Å². The molecule has 2 rings (SSSR count). The molecule has 1 saturated heterocycles. The molecule has 19 heavy (non-hydrogen) atoms. The fourth-order valence-electron chi connectivity index (χ4n) is 2.07. The van der Waals surface area contributed by atoms with Crippen LogP contribution >= 0.6 is 0 Å². The van der Waals surface area contributed by atoms with E-state index in [9.17, 15) is 21.6 Å². The standard InChI is InChI=1S/C11H13F3N2O2S/c12-11(13,14)9-4-1-5-15-10(9)16-7-8-3-2-6-19(8,17)18/h1,4-5,8H,2-3,6-7H2,(H,15,16)/t8-/m1/s1. The maximum Gasteiger partial charge on any atom is 0.419 e. The summed E-state index contributed by atoms with van der Waals surface area (Å²) in [4.78, 5) is 3.63. The molecule has 1 aromatic heterocycles. The van der Waals surface area contributed by atoms with Crippen molar-refractivity contribution in [2.45, 2.75) is 24.3 Å². The van der Waals surface area contributed by atoms with Gasteiger partial charge in [-0.25, -0.2) is 13.4 Å². The van der Waals surface area contributed by atoms with Crippen LogP contribution in [0.15, 0.2) is 18.3 Å². The third kappa shape index (κ3) is 3.17. The number of nitrogens with one attached hydrogen (secondary N) is 1. The molecule has 1 aliphatic heterocycles. The van der Waals surface area contributed by atoms with Crippen LogP contribution in [0.5, 0.6) is 0 Å². The van der Waals surface area contributed by atoms with Crippen molar-refractivity contribution in [1.82, 2.24) is 4.98 Å². The van der Waals surface area contributed by atoms with Crippen LogP contribution in [0.3, 0.4) is 0 Å². The average Bonchev–Trinajstić information content (AvgIpc) is 2.65. The van der Waals surface area contributed by atoms with Gasteiger partial charge in [0.25, 0.3) is 0 Å². The zero-order valence-electron chi connectivity index (χ0n) is 9.94. The van der Waals surface area contributed by atoms with Gasteiger partial charge in [-0.2, -0.15) is 13.2 Å². The Bertz CT molecular complexity index is 557. The smallest absolute Gasteiger partial charge is 0.368 e. The molecule has 0 amide bonds. The van der Waals surface area contributed by atoms with E-state index in [4.69, 9.17) is 0 Å². The highest BCUT2D eigenvalue weighted by Gasteiger charge is 2.35. The summed E-state index contributed by atoms with van der Waals surface area (Å²) >= 11 is 0. The zero-order valence-corrected chi connectivity index (χ0v) is 10.8. The first-order valence-corrected chi connectivity index (χ1v) is 7.50. The Morgan fingerprint density at radius 3 is 2.74 bits per heavy atom. The summed E-state index contributed by atoms with van der Waals surface area (Å²) < 4.78 is 61.3. The second kappa shape index (κ2) is 4.99. The molecule has 1 aliphatic rings. The van der Waals surface area contributed by atoms with Gasteiger partial charge in [0.2, 0.25) is 0 Å². The van der Waals surface area contributed by atoms with Crippen molar-refractivity contribution in [1.29, 1.82) is 0 Å². The molecule has 106 valence electrons. The van der Waals surface area contributed by atoms with Gasteiger partial charge in [0.05, 0.1) is 16.6 Å². The van der Waals surface area contributed by atoms with Crippen molar-refractivity contribution in [3.8, 4) is 0 Å². The molecule has 1 N–H and O–H groups in total. The van der Waals surface area contributed by atoms with Crippen LogP contribution in [-0.4, -0.2) is 30.9 Å². The number of anilines is 1. The largest absolute Gasteiger partial charge is 0.419 e. The van der Waals surface area contributed by atoms with Gasteiger partial charge in [-0.15, -0.1) is 0 Å². The minimum Gasteiger partial charge on any atom is -0.368 e. The molecule has 0 spiro atoms. The normalized spacial score (nSPS) is 22.4. The van der Waals surface area contributed by atoms with E-state index in [2.05, 4.69) is 10.3 Å². The van der Waals surface area contributed by atoms with Gasteiger partial charge in [0, 0.05) is 12.7 Å². The summed E-state index contributed by atoms with van der Waals surface area (Å²) in [6.07, 6.45) is -2.24. The van der Waals surface area contributed by atoms with Crippen molar-refractivity contribution >= 4 is 15.7 Å². The Hall–Kier alpha value is -1.31. The quantitative estimate of drug-likeness (QED) is 0.927. The van der Waals surface area contributed by atoms with Crippen molar-refractivity contribution in [3.63, 3.8) is 0 Å². The Labute approximate surface area is 109 Å². The average molecular weight is 294 g/mol. The van der Waals surface area contributed by atoms with Crippen LogP contribution in [0.1, 0.15) is 18.4 Å². The van der Waals surface area contributed by atoms with Gasteiger partial charge < -0.3 is 5.32 Å². The van der Waals surface area contributed by atoms with Crippen LogP contribution in [0.4, 0.5) is 19.0 Å². The molecule has 1 fully saturated rings. The monoisotopic (exact) mass is 294 g/mol. The Kier molecular flexibility index (Phi) is 3.71. The molecule has 0 radical (unpaired) electrons. The Morgan fingerprint density at radius 2 is 2.16 bits per heavy atom. The number of aromatic nitrogens is 1. The predicted octanol–water partition coefficient (Wildman–Crippen LogP) is 2.09. The molecular weight excluding hydrogens is 281 g/mol. The van der Waals surface area contributed by atoms with E-state index in [1.54, 1.807) is 0 Å². The molecule has 1 aromatic rings. The molecule has 0 bridgehead atoms. The van der Waals surface area contributed by atoms with E-state index in [1.807, 2.05) is 0 Å². The maximum absolute atomic E-state index is 12.7. The van der Waals surface area contributed by atoms with E-state index < -0.39 is 26.8 Å². The van der Waals surface area contributed by atoms with Crippen LogP contribution in [0.2, 0.25) is 0 Å². The molecule has 4 nitrogen and oxygen atoms in total. The van der Waals surface area contributed by atoms with Crippen LogP contribution in [-0.2, 0) is 16.0 Å². The molecule has 0 aromatic carbocycles. The van der Waals surface area contributed by atoms with E-state index in [0.29, 0.717) is 12.8 Å². The second-order valence-electron chi connectivity index (χ2n) is 4.41. The van der Waals surface area contributed by atoms with Gasteiger partial charge >= 0.3 is 6.18 Å².